The van der Waals surface area contributed by atoms with Gasteiger partial charge in [-0.3, -0.25) is 0 Å². The number of hydrogen-bond acceptors (Lipinski definition) is 8. The lowest BCUT2D eigenvalue weighted by molar-refractivity contribution is 0.134. The van der Waals surface area contributed by atoms with Gasteiger partial charge in [-0.25, -0.2) is 0 Å². The Morgan fingerprint density at radius 1 is 0.210 bits per heavy atom. The van der Waals surface area contributed by atoms with Crippen molar-refractivity contribution in [1.29, 1.82) is 0 Å². The second kappa shape index (κ2) is 73.1. The number of hydrogen-bond donors (Lipinski definition) is 8. The van der Waals surface area contributed by atoms with Crippen LogP contribution in [0.15, 0.2) is 0 Å². The van der Waals surface area contributed by atoms with Crippen molar-refractivity contribution in [3.8, 4) is 0 Å². The van der Waals surface area contributed by atoms with Crippen molar-refractivity contribution >= 4 is 0 Å². The summed E-state index contributed by atoms with van der Waals surface area (Å²) in [6.07, 6.45) is 74.3. The molecular formula is C116H232O8. The molecule has 744 valence electrons. The van der Waals surface area contributed by atoms with E-state index in [1.807, 2.05) is 0 Å². The first kappa shape index (κ1) is 122. The SMILES string of the molecule is CC(CCO)CCC1CCC(C(C)(C)C)CC1.CC(CCO)CCC1CCC(C(C)C)CC1.CC(CCO)CCC1CCC(C)CC1.CC(CCO)CCC1CCCCC1.CC(CO)CC(C)CC1CCC(C(C)(C)C)CC1.CC(CO)CC(C)CC1CCC(C(C)C)CC1.CC(CO)CC(C)CC1CCCCC1.CC1CCC(CC(C)CC(C)CO)CC1. The largest absolute Gasteiger partial charge is 0.396 e. The van der Waals surface area contributed by atoms with Gasteiger partial charge in [0.2, 0.25) is 0 Å². The van der Waals surface area contributed by atoms with Gasteiger partial charge in [-0.2, -0.15) is 0 Å². The van der Waals surface area contributed by atoms with Crippen LogP contribution in [0.3, 0.4) is 0 Å². The number of aliphatic hydroxyl groups excluding tert-OH is 8. The summed E-state index contributed by atoms with van der Waals surface area (Å²) in [4.78, 5) is 0. The van der Waals surface area contributed by atoms with E-state index in [0.717, 1.165) is 156 Å². The minimum absolute atomic E-state index is 0.348. The van der Waals surface area contributed by atoms with Gasteiger partial charge in [0.15, 0.2) is 0 Å². The molecule has 8 aliphatic rings. The van der Waals surface area contributed by atoms with Gasteiger partial charge in [0.05, 0.1) is 0 Å². The van der Waals surface area contributed by atoms with Crippen molar-refractivity contribution in [1.82, 2.24) is 0 Å². The standard InChI is InChI=1S/C17H34O.2C16H32O.C15H30O.C14H28O.2C13H26O.C12H24O/c1-13(10-14(2)12-18)11-15-6-8-16(9-7-15)17(3,4)5;1-12(2)16-7-5-15(6-8-16)10-13(3)9-14(4)11-17;1-13(11-12-17)5-6-14-7-9-15(10-8-14)16(2,3)4;1-12(2)15-8-6-14(7-9-15)5-4-13(3)10-11-16;1-11-4-6-14(7-5-11)9-12(2)8-13(3)10-15;1-11-3-6-13(7-4-11)8-5-12(2)9-10-14;1-11(8-12(2)10-14)9-13-6-4-3-5-7-13;1-11(9-10-13)7-8-12-5-3-2-4-6-12/h13-16,18H,6-12H2,1-5H3;12-17H,5-11H2,1-4H3;13-15,17H,5-12H2,1-4H3;12-16H,4-11H2,1-3H3;11-15H,4-10H2,1-3H3;2*11-14H,3-10H2,1-2H3;11-13H,2-10H2,1H3. The summed E-state index contributed by atoms with van der Waals surface area (Å²) in [7, 11) is 0. The maximum absolute atomic E-state index is 9.11. The average Bonchev–Trinajstić information content (AvgIpc) is 0.860. The van der Waals surface area contributed by atoms with E-state index < -0.39 is 0 Å². The number of rotatable bonds is 42. The van der Waals surface area contributed by atoms with Crippen LogP contribution < -0.4 is 0 Å². The van der Waals surface area contributed by atoms with Crippen LogP contribution in [-0.4, -0.2) is 93.7 Å². The first-order chi connectivity index (χ1) is 58.8. The lowest BCUT2D eigenvalue weighted by atomic mass is 9.68. The van der Waals surface area contributed by atoms with Gasteiger partial charge in [-0.15, -0.1) is 0 Å². The summed E-state index contributed by atoms with van der Waals surface area (Å²) < 4.78 is 0. The van der Waals surface area contributed by atoms with Crippen LogP contribution in [0.4, 0.5) is 0 Å². The maximum Gasteiger partial charge on any atom is 0.0456 e. The van der Waals surface area contributed by atoms with E-state index in [0.29, 0.717) is 99.2 Å². The summed E-state index contributed by atoms with van der Waals surface area (Å²) in [5.74, 6) is 23.4. The lowest BCUT2D eigenvalue weighted by Gasteiger charge is -2.37. The van der Waals surface area contributed by atoms with E-state index in [2.05, 4.69) is 166 Å². The fourth-order valence-electron chi connectivity index (χ4n) is 24.1. The van der Waals surface area contributed by atoms with Crippen molar-refractivity contribution in [3.63, 3.8) is 0 Å². The van der Waals surface area contributed by atoms with Crippen LogP contribution in [0.2, 0.25) is 0 Å². The Morgan fingerprint density at radius 2 is 0.403 bits per heavy atom. The molecule has 0 saturated heterocycles. The Bertz CT molecular complexity index is 2270. The second-order valence-electron chi connectivity index (χ2n) is 49.7. The molecule has 0 amide bonds. The van der Waals surface area contributed by atoms with Gasteiger partial charge in [0.25, 0.3) is 0 Å². The Hall–Kier alpha value is -0.320. The zero-order chi connectivity index (χ0) is 93.0. The molecule has 8 fully saturated rings. The third-order valence-electron chi connectivity index (χ3n) is 33.7. The molecule has 8 rings (SSSR count). The molecule has 8 heteroatoms. The molecule has 0 radical (unpaired) electrons. The quantitative estimate of drug-likeness (QED) is 0.0300. The van der Waals surface area contributed by atoms with Crippen LogP contribution in [0.25, 0.3) is 0 Å². The highest BCUT2D eigenvalue weighted by Crippen LogP contribution is 2.45. The summed E-state index contributed by atoms with van der Waals surface area (Å²) >= 11 is 0. The van der Waals surface area contributed by atoms with Crippen LogP contribution in [0, 0.1) is 177 Å². The molecule has 0 aliphatic heterocycles. The molecule has 0 aromatic carbocycles. The van der Waals surface area contributed by atoms with Gasteiger partial charge in [-0.05, 0) is 305 Å². The van der Waals surface area contributed by atoms with Crippen LogP contribution in [0.5, 0.6) is 0 Å². The molecule has 124 heavy (non-hydrogen) atoms. The molecule has 0 aromatic heterocycles. The molecule has 0 bridgehead atoms. The van der Waals surface area contributed by atoms with Crippen molar-refractivity contribution < 1.29 is 40.9 Å². The van der Waals surface area contributed by atoms with Crippen molar-refractivity contribution in [2.45, 2.75) is 513 Å². The Balaban J connectivity index is 0.000000710. The third kappa shape index (κ3) is 63.0. The first-order valence-corrected chi connectivity index (χ1v) is 55.7. The Morgan fingerprint density at radius 3 is 0.629 bits per heavy atom. The molecular weight excluding hydrogens is 1520 g/mol. The normalized spacial score (nSPS) is 27.8. The predicted molar refractivity (Wildman–Crippen MR) is 545 cm³/mol. The molecule has 8 aliphatic carbocycles. The summed E-state index contributed by atoms with van der Waals surface area (Å²) in [6.45, 7) is 58.6. The van der Waals surface area contributed by atoms with Crippen LogP contribution in [-0.2, 0) is 0 Å². The monoisotopic (exact) mass is 1750 g/mol. The zero-order valence-corrected chi connectivity index (χ0v) is 88.6. The lowest BCUT2D eigenvalue weighted by Crippen LogP contribution is -2.26. The van der Waals surface area contributed by atoms with Gasteiger partial charge < -0.3 is 40.9 Å². The zero-order valence-electron chi connectivity index (χ0n) is 88.6. The topological polar surface area (TPSA) is 162 Å². The average molecular weight is 1760 g/mol. The molecule has 8 N–H and O–H groups in total. The third-order valence-corrected chi connectivity index (χ3v) is 33.7. The van der Waals surface area contributed by atoms with Gasteiger partial charge in [0.1, 0.15) is 0 Å². The van der Waals surface area contributed by atoms with E-state index in [1.54, 1.807) is 0 Å². The summed E-state index contributed by atoms with van der Waals surface area (Å²) in [6, 6.07) is 0. The van der Waals surface area contributed by atoms with Crippen LogP contribution >= 0.6 is 0 Å². The fourth-order valence-corrected chi connectivity index (χ4v) is 24.1. The summed E-state index contributed by atoms with van der Waals surface area (Å²) in [5.41, 5.74) is 1.01. The van der Waals surface area contributed by atoms with Gasteiger partial charge in [0, 0.05) is 52.9 Å². The second-order valence-corrected chi connectivity index (χ2v) is 49.7. The minimum Gasteiger partial charge on any atom is -0.396 e. The molecule has 0 aromatic rings. The molecule has 12 unspecified atom stereocenters. The molecule has 8 saturated carbocycles. The fraction of sp³-hybridized carbons (Fsp3) is 1.00. The van der Waals surface area contributed by atoms with E-state index in [-0.39, 0.29) is 0 Å². The Labute approximate surface area is 778 Å². The molecule has 8 nitrogen and oxygen atoms in total. The van der Waals surface area contributed by atoms with E-state index in [1.165, 1.54) is 321 Å². The van der Waals surface area contributed by atoms with Crippen molar-refractivity contribution in [3.05, 3.63) is 0 Å². The molecule has 0 spiro atoms. The molecule has 0 heterocycles. The van der Waals surface area contributed by atoms with E-state index in [4.69, 9.17) is 40.9 Å². The van der Waals surface area contributed by atoms with Gasteiger partial charge >= 0.3 is 0 Å². The molecule has 12 atom stereocenters. The highest BCUT2D eigenvalue weighted by Gasteiger charge is 2.33. The highest BCUT2D eigenvalue weighted by molar-refractivity contribution is 4.85. The minimum atomic E-state index is 0.348. The van der Waals surface area contributed by atoms with E-state index in [9.17, 15) is 0 Å². The highest BCUT2D eigenvalue weighted by atomic mass is 16.3. The Kier molecular flexibility index (Phi) is 71.7. The van der Waals surface area contributed by atoms with Gasteiger partial charge in [-0.1, -0.05) is 384 Å². The van der Waals surface area contributed by atoms with Crippen molar-refractivity contribution in [2.75, 3.05) is 52.9 Å². The smallest absolute Gasteiger partial charge is 0.0456 e. The predicted octanol–water partition coefficient (Wildman–Crippen LogP) is 32.7. The summed E-state index contributed by atoms with van der Waals surface area (Å²) in [5, 5.41) is 71.6. The van der Waals surface area contributed by atoms with E-state index >= 15 is 0 Å². The maximum atomic E-state index is 9.11. The van der Waals surface area contributed by atoms with Crippen molar-refractivity contribution in [2.24, 2.45) is 177 Å². The first-order valence-electron chi connectivity index (χ1n) is 55.7. The van der Waals surface area contributed by atoms with Crippen LogP contribution in [0.1, 0.15) is 513 Å². The number of aliphatic hydroxyl groups is 8.